The van der Waals surface area contributed by atoms with Gasteiger partial charge in [0.05, 0.1) is 13.7 Å². The molecule has 21 heavy (non-hydrogen) atoms. The summed E-state index contributed by atoms with van der Waals surface area (Å²) in [5.41, 5.74) is 0. The van der Waals surface area contributed by atoms with Gasteiger partial charge in [-0.1, -0.05) is 13.8 Å². The zero-order chi connectivity index (χ0) is 15.9. The van der Waals surface area contributed by atoms with Crippen LogP contribution in [0.5, 0.6) is 0 Å². The van der Waals surface area contributed by atoms with E-state index < -0.39 is 0 Å². The van der Waals surface area contributed by atoms with E-state index in [9.17, 15) is 4.79 Å². The third-order valence-electron chi connectivity index (χ3n) is 2.93. The van der Waals surface area contributed by atoms with Gasteiger partial charge in [0.15, 0.2) is 5.96 Å². The first-order valence-electron chi connectivity index (χ1n) is 7.69. The van der Waals surface area contributed by atoms with Gasteiger partial charge in [-0.2, -0.15) is 0 Å². The molecule has 0 aliphatic heterocycles. The fourth-order valence-electron chi connectivity index (χ4n) is 1.59. The summed E-state index contributed by atoms with van der Waals surface area (Å²) in [4.78, 5) is 15.1. The number of unbranched alkanes of at least 4 members (excludes halogenated alkanes) is 1. The molecule has 6 heteroatoms. The van der Waals surface area contributed by atoms with Crippen LogP contribution in [0.2, 0.25) is 0 Å². The van der Waals surface area contributed by atoms with E-state index >= 15 is 0 Å². The number of esters is 1. The van der Waals surface area contributed by atoms with Crippen molar-refractivity contribution >= 4 is 11.9 Å². The molecule has 0 spiro atoms. The van der Waals surface area contributed by atoms with Crippen LogP contribution in [0.25, 0.3) is 0 Å². The fraction of sp³-hybridized carbons (Fsp3) is 0.867. The van der Waals surface area contributed by atoms with Crippen LogP contribution in [0.3, 0.4) is 0 Å². The molecular weight excluding hydrogens is 270 g/mol. The molecule has 0 bridgehead atoms. The SMILES string of the molecule is CN=C(NCCCCC(=O)OC)NCCOCCC(C)C. The van der Waals surface area contributed by atoms with Crippen molar-refractivity contribution in [3.63, 3.8) is 0 Å². The molecule has 0 rings (SSSR count). The normalized spacial score (nSPS) is 11.6. The largest absolute Gasteiger partial charge is 0.469 e. The highest BCUT2D eigenvalue weighted by molar-refractivity contribution is 5.79. The molecule has 0 aromatic carbocycles. The maximum absolute atomic E-state index is 10.9. The minimum absolute atomic E-state index is 0.156. The second kappa shape index (κ2) is 13.7. The summed E-state index contributed by atoms with van der Waals surface area (Å²) in [6, 6.07) is 0. The number of nitrogens with zero attached hydrogens (tertiary/aromatic N) is 1. The lowest BCUT2D eigenvalue weighted by atomic mass is 10.1. The first-order valence-corrected chi connectivity index (χ1v) is 7.69. The second-order valence-corrected chi connectivity index (χ2v) is 5.25. The summed E-state index contributed by atoms with van der Waals surface area (Å²) in [6.45, 7) is 7.38. The van der Waals surface area contributed by atoms with Crippen LogP contribution < -0.4 is 10.6 Å². The molecule has 0 radical (unpaired) electrons. The van der Waals surface area contributed by atoms with Gasteiger partial charge in [0, 0.05) is 33.2 Å². The average Bonchev–Trinajstić information content (AvgIpc) is 2.47. The van der Waals surface area contributed by atoms with Gasteiger partial charge in [-0.05, 0) is 25.2 Å². The van der Waals surface area contributed by atoms with E-state index in [1.165, 1.54) is 7.11 Å². The third-order valence-corrected chi connectivity index (χ3v) is 2.93. The van der Waals surface area contributed by atoms with Crippen molar-refractivity contribution in [3.8, 4) is 0 Å². The minimum Gasteiger partial charge on any atom is -0.469 e. The summed E-state index contributed by atoms with van der Waals surface area (Å²) in [5.74, 6) is 1.29. The number of carbonyl (C=O) groups is 1. The molecule has 0 aromatic rings. The molecule has 0 aliphatic carbocycles. The van der Waals surface area contributed by atoms with Crippen LogP contribution in [-0.4, -0.2) is 52.4 Å². The number of nitrogens with one attached hydrogen (secondary N) is 2. The van der Waals surface area contributed by atoms with Gasteiger partial charge >= 0.3 is 5.97 Å². The van der Waals surface area contributed by atoms with E-state index in [0.717, 1.165) is 44.9 Å². The molecule has 0 heterocycles. The molecule has 6 nitrogen and oxygen atoms in total. The van der Waals surface area contributed by atoms with Gasteiger partial charge in [0.1, 0.15) is 0 Å². The Hall–Kier alpha value is -1.30. The van der Waals surface area contributed by atoms with E-state index in [1.54, 1.807) is 7.05 Å². The Labute approximate surface area is 128 Å². The molecular formula is C15H31N3O3. The maximum atomic E-state index is 10.9. The smallest absolute Gasteiger partial charge is 0.305 e. The first kappa shape index (κ1) is 19.7. The molecule has 0 saturated carbocycles. The number of carbonyl (C=O) groups excluding carboxylic acids is 1. The lowest BCUT2D eigenvalue weighted by molar-refractivity contribution is -0.140. The predicted molar refractivity (Wildman–Crippen MR) is 85.5 cm³/mol. The van der Waals surface area contributed by atoms with Crippen LogP contribution in [-0.2, 0) is 14.3 Å². The van der Waals surface area contributed by atoms with Crippen molar-refractivity contribution in [2.24, 2.45) is 10.9 Å². The number of hydrogen-bond donors (Lipinski definition) is 2. The Kier molecular flexibility index (Phi) is 12.8. The van der Waals surface area contributed by atoms with Gasteiger partial charge in [0.2, 0.25) is 0 Å². The van der Waals surface area contributed by atoms with Gasteiger partial charge in [-0.3, -0.25) is 9.79 Å². The van der Waals surface area contributed by atoms with Crippen molar-refractivity contribution in [3.05, 3.63) is 0 Å². The zero-order valence-electron chi connectivity index (χ0n) is 13.9. The summed E-state index contributed by atoms with van der Waals surface area (Å²) in [5, 5.41) is 6.39. The molecule has 0 aromatic heterocycles. The van der Waals surface area contributed by atoms with Gasteiger partial charge in [0.25, 0.3) is 0 Å². The number of methoxy groups -OCH3 is 1. The Bertz CT molecular complexity index is 294. The summed E-state index contributed by atoms with van der Waals surface area (Å²) in [6.07, 6.45) is 3.27. The Morgan fingerprint density at radius 2 is 1.86 bits per heavy atom. The molecule has 0 saturated heterocycles. The number of ether oxygens (including phenoxy) is 2. The molecule has 0 aliphatic rings. The Morgan fingerprint density at radius 1 is 1.14 bits per heavy atom. The van der Waals surface area contributed by atoms with Gasteiger partial charge in [-0.15, -0.1) is 0 Å². The Balaban J connectivity index is 3.48. The lowest BCUT2D eigenvalue weighted by Crippen LogP contribution is -2.39. The molecule has 2 N–H and O–H groups in total. The van der Waals surface area contributed by atoms with Gasteiger partial charge in [-0.25, -0.2) is 0 Å². The van der Waals surface area contributed by atoms with Crippen LogP contribution in [0, 0.1) is 5.92 Å². The first-order chi connectivity index (χ1) is 10.1. The standard InChI is InChI=1S/C15H31N3O3/c1-13(2)8-11-21-12-10-18-15(16-3)17-9-6-5-7-14(19)20-4/h13H,5-12H2,1-4H3,(H2,16,17,18). The fourth-order valence-corrected chi connectivity index (χ4v) is 1.59. The molecule has 0 atom stereocenters. The van der Waals surface area contributed by atoms with E-state index in [-0.39, 0.29) is 5.97 Å². The third kappa shape index (κ3) is 13.4. The summed E-state index contributed by atoms with van der Waals surface area (Å²) in [7, 11) is 3.15. The summed E-state index contributed by atoms with van der Waals surface area (Å²) >= 11 is 0. The number of guanidine groups is 1. The van der Waals surface area contributed by atoms with Crippen LogP contribution >= 0.6 is 0 Å². The highest BCUT2D eigenvalue weighted by atomic mass is 16.5. The highest BCUT2D eigenvalue weighted by Gasteiger charge is 2.00. The minimum atomic E-state index is -0.156. The Morgan fingerprint density at radius 3 is 2.48 bits per heavy atom. The van der Waals surface area contributed by atoms with Crippen LogP contribution in [0.15, 0.2) is 4.99 Å². The van der Waals surface area contributed by atoms with Crippen molar-refractivity contribution < 1.29 is 14.3 Å². The van der Waals surface area contributed by atoms with E-state index in [1.807, 2.05) is 0 Å². The lowest BCUT2D eigenvalue weighted by Gasteiger charge is -2.12. The van der Waals surface area contributed by atoms with Gasteiger partial charge < -0.3 is 20.1 Å². The zero-order valence-corrected chi connectivity index (χ0v) is 13.9. The molecule has 0 amide bonds. The van der Waals surface area contributed by atoms with Crippen molar-refractivity contribution in [2.45, 2.75) is 39.5 Å². The number of aliphatic imine (C=N–C) groups is 1. The van der Waals surface area contributed by atoms with Crippen molar-refractivity contribution in [1.82, 2.24) is 10.6 Å². The van der Waals surface area contributed by atoms with E-state index in [2.05, 4.69) is 34.2 Å². The maximum Gasteiger partial charge on any atom is 0.305 e. The molecule has 0 unspecified atom stereocenters. The number of hydrogen-bond acceptors (Lipinski definition) is 4. The monoisotopic (exact) mass is 301 g/mol. The van der Waals surface area contributed by atoms with E-state index in [4.69, 9.17) is 4.74 Å². The predicted octanol–water partition coefficient (Wildman–Crippen LogP) is 1.56. The highest BCUT2D eigenvalue weighted by Crippen LogP contribution is 1.98. The molecule has 0 fully saturated rings. The van der Waals surface area contributed by atoms with Crippen molar-refractivity contribution in [2.75, 3.05) is 40.5 Å². The average molecular weight is 301 g/mol. The van der Waals surface area contributed by atoms with E-state index in [0.29, 0.717) is 18.9 Å². The molecule has 124 valence electrons. The number of rotatable bonds is 11. The van der Waals surface area contributed by atoms with Crippen LogP contribution in [0.4, 0.5) is 0 Å². The van der Waals surface area contributed by atoms with Crippen LogP contribution in [0.1, 0.15) is 39.5 Å². The quantitative estimate of drug-likeness (QED) is 0.262. The second-order valence-electron chi connectivity index (χ2n) is 5.25. The topological polar surface area (TPSA) is 72.0 Å². The van der Waals surface area contributed by atoms with Crippen molar-refractivity contribution in [1.29, 1.82) is 0 Å². The summed E-state index contributed by atoms with van der Waals surface area (Å²) < 4.78 is 10.1.